The van der Waals surface area contributed by atoms with Crippen molar-refractivity contribution in [1.82, 2.24) is 9.55 Å². The third-order valence-electron chi connectivity index (χ3n) is 3.15. The fourth-order valence-electron chi connectivity index (χ4n) is 2.14. The Balaban J connectivity index is 2.37. The van der Waals surface area contributed by atoms with Crippen LogP contribution >= 0.6 is 11.8 Å². The van der Waals surface area contributed by atoms with Gasteiger partial charge < -0.3 is 9.67 Å². The second-order valence-corrected chi connectivity index (χ2v) is 5.69. The molecule has 2 rings (SSSR count). The Bertz CT molecular complexity index is 688. The number of aromatic nitrogens is 2. The molecule has 1 heterocycles. The highest BCUT2D eigenvalue weighted by Crippen LogP contribution is 2.25. The number of imidazole rings is 1. The molecule has 1 N–H and O–H groups in total. The lowest BCUT2D eigenvalue weighted by Gasteiger charge is -2.07. The maximum absolute atomic E-state index is 10.8. The molecular weight excluding hydrogens is 286 g/mol. The smallest absolute Gasteiger partial charge is 0.313 e. The zero-order valence-electron chi connectivity index (χ0n) is 11.9. The molecule has 0 bridgehead atoms. The second-order valence-electron chi connectivity index (χ2n) is 4.75. The number of aliphatic carboxylic acids is 1. The van der Waals surface area contributed by atoms with Crippen molar-refractivity contribution < 1.29 is 9.90 Å². The van der Waals surface area contributed by atoms with Gasteiger partial charge in [-0.1, -0.05) is 31.5 Å². The lowest BCUT2D eigenvalue weighted by molar-refractivity contribution is -0.133. The normalized spacial score (nSPS) is 10.7. The summed E-state index contributed by atoms with van der Waals surface area (Å²) in [5.74, 6) is -0.868. The van der Waals surface area contributed by atoms with Crippen molar-refractivity contribution in [1.29, 1.82) is 5.26 Å². The minimum Gasteiger partial charge on any atom is -0.481 e. The first-order chi connectivity index (χ1) is 10.2. The van der Waals surface area contributed by atoms with E-state index in [-0.39, 0.29) is 5.75 Å². The third kappa shape index (κ3) is 3.76. The number of rotatable bonds is 7. The zero-order chi connectivity index (χ0) is 15.2. The Labute approximate surface area is 127 Å². The van der Waals surface area contributed by atoms with E-state index in [1.165, 1.54) is 11.8 Å². The van der Waals surface area contributed by atoms with Crippen molar-refractivity contribution in [3.63, 3.8) is 0 Å². The van der Waals surface area contributed by atoms with Crippen LogP contribution in [-0.2, 0) is 11.3 Å². The van der Waals surface area contributed by atoms with Gasteiger partial charge in [0.05, 0.1) is 28.4 Å². The molecule has 0 atom stereocenters. The van der Waals surface area contributed by atoms with E-state index in [4.69, 9.17) is 10.4 Å². The highest BCUT2D eigenvalue weighted by Gasteiger charge is 2.13. The van der Waals surface area contributed by atoms with E-state index in [2.05, 4.69) is 18.0 Å². The number of hydrogen-bond donors (Lipinski definition) is 1. The second kappa shape index (κ2) is 7.14. The number of carbonyl (C=O) groups is 1. The molecule has 1 aromatic heterocycles. The van der Waals surface area contributed by atoms with E-state index >= 15 is 0 Å². The van der Waals surface area contributed by atoms with Crippen molar-refractivity contribution in [2.24, 2.45) is 0 Å². The van der Waals surface area contributed by atoms with Crippen LogP contribution in [0.5, 0.6) is 0 Å². The lowest BCUT2D eigenvalue weighted by atomic mass is 10.2. The van der Waals surface area contributed by atoms with Crippen LogP contribution in [0.3, 0.4) is 0 Å². The molecule has 0 aliphatic heterocycles. The predicted molar refractivity (Wildman–Crippen MR) is 82.3 cm³/mol. The number of hydrogen-bond acceptors (Lipinski definition) is 4. The number of benzene rings is 1. The summed E-state index contributed by atoms with van der Waals surface area (Å²) < 4.78 is 2.03. The van der Waals surface area contributed by atoms with E-state index in [0.29, 0.717) is 10.7 Å². The Morgan fingerprint density at radius 3 is 2.95 bits per heavy atom. The minimum atomic E-state index is -0.857. The molecule has 0 saturated carbocycles. The van der Waals surface area contributed by atoms with Gasteiger partial charge >= 0.3 is 5.97 Å². The van der Waals surface area contributed by atoms with Gasteiger partial charge in [0.15, 0.2) is 5.16 Å². The first-order valence-corrected chi connectivity index (χ1v) is 7.89. The van der Waals surface area contributed by atoms with Gasteiger partial charge in [-0.25, -0.2) is 4.98 Å². The molecule has 0 radical (unpaired) electrons. The van der Waals surface area contributed by atoms with Crippen LogP contribution in [0.25, 0.3) is 11.0 Å². The van der Waals surface area contributed by atoms with E-state index in [9.17, 15) is 4.79 Å². The van der Waals surface area contributed by atoms with E-state index < -0.39 is 5.97 Å². The zero-order valence-corrected chi connectivity index (χ0v) is 12.7. The largest absolute Gasteiger partial charge is 0.481 e. The molecule has 1 aromatic carbocycles. The van der Waals surface area contributed by atoms with Gasteiger partial charge in [0.2, 0.25) is 0 Å². The van der Waals surface area contributed by atoms with E-state index in [1.54, 1.807) is 6.07 Å². The molecule has 21 heavy (non-hydrogen) atoms. The van der Waals surface area contributed by atoms with Crippen molar-refractivity contribution in [2.45, 2.75) is 37.9 Å². The van der Waals surface area contributed by atoms with Crippen LogP contribution in [0, 0.1) is 11.3 Å². The molecular formula is C15H17N3O2S. The predicted octanol–water partition coefficient (Wildman–Crippen LogP) is 3.27. The van der Waals surface area contributed by atoms with Crippen LogP contribution in [0.2, 0.25) is 0 Å². The molecule has 0 aliphatic rings. The standard InChI is InChI=1S/C15H17N3O2S/c1-2-3-4-7-18-13-8-11(9-16)5-6-12(13)17-15(18)21-10-14(19)20/h5-6,8H,2-4,7,10H2,1H3,(H,19,20). The van der Waals surface area contributed by atoms with Crippen LogP contribution in [0.4, 0.5) is 0 Å². The monoisotopic (exact) mass is 303 g/mol. The molecule has 5 nitrogen and oxygen atoms in total. The number of carboxylic acids is 1. The number of thioether (sulfide) groups is 1. The van der Waals surface area contributed by atoms with Crippen LogP contribution in [-0.4, -0.2) is 26.4 Å². The van der Waals surface area contributed by atoms with Crippen molar-refractivity contribution in [3.8, 4) is 6.07 Å². The molecule has 0 unspecified atom stereocenters. The number of fused-ring (bicyclic) bond motifs is 1. The number of nitrogens with zero attached hydrogens (tertiary/aromatic N) is 3. The van der Waals surface area contributed by atoms with Crippen LogP contribution in [0.1, 0.15) is 31.7 Å². The third-order valence-corrected chi connectivity index (χ3v) is 4.11. The topological polar surface area (TPSA) is 78.9 Å². The number of aryl methyl sites for hydroxylation is 1. The maximum atomic E-state index is 10.8. The van der Waals surface area contributed by atoms with Gasteiger partial charge in [-0.05, 0) is 24.6 Å². The molecule has 0 amide bonds. The molecule has 2 aromatic rings. The molecule has 0 saturated heterocycles. The molecule has 0 aliphatic carbocycles. The minimum absolute atomic E-state index is 0.0117. The Hall–Kier alpha value is -2.00. The lowest BCUT2D eigenvalue weighted by Crippen LogP contribution is -2.03. The van der Waals surface area contributed by atoms with Crippen molar-refractivity contribution in [2.75, 3.05) is 5.75 Å². The summed E-state index contributed by atoms with van der Waals surface area (Å²) in [4.78, 5) is 15.3. The molecule has 110 valence electrons. The molecule has 0 spiro atoms. The quantitative estimate of drug-likeness (QED) is 0.627. The summed E-state index contributed by atoms with van der Waals surface area (Å²) in [6.45, 7) is 2.93. The van der Waals surface area contributed by atoms with Gasteiger partial charge in [0.1, 0.15) is 0 Å². The number of carboxylic acid groups (broad SMARTS) is 1. The Morgan fingerprint density at radius 1 is 1.48 bits per heavy atom. The summed E-state index contributed by atoms with van der Waals surface area (Å²) in [5.41, 5.74) is 2.30. The molecule has 0 fully saturated rings. The number of unbranched alkanes of at least 4 members (excludes halogenated alkanes) is 2. The molecule has 6 heteroatoms. The van der Waals surface area contributed by atoms with Crippen molar-refractivity contribution >= 4 is 28.8 Å². The highest BCUT2D eigenvalue weighted by atomic mass is 32.2. The first kappa shape index (κ1) is 15.4. The van der Waals surface area contributed by atoms with E-state index in [0.717, 1.165) is 36.8 Å². The van der Waals surface area contributed by atoms with E-state index in [1.807, 2.05) is 16.7 Å². The van der Waals surface area contributed by atoms with Crippen molar-refractivity contribution in [3.05, 3.63) is 23.8 Å². The summed E-state index contributed by atoms with van der Waals surface area (Å²) in [6, 6.07) is 7.50. The Kier molecular flexibility index (Phi) is 5.23. The van der Waals surface area contributed by atoms with Gasteiger partial charge in [-0.2, -0.15) is 5.26 Å². The average molecular weight is 303 g/mol. The van der Waals surface area contributed by atoms with Gasteiger partial charge in [0.25, 0.3) is 0 Å². The first-order valence-electron chi connectivity index (χ1n) is 6.90. The SMILES string of the molecule is CCCCCn1c(SCC(=O)O)nc2ccc(C#N)cc21. The fraction of sp³-hybridized carbons (Fsp3) is 0.400. The van der Waals surface area contributed by atoms with Gasteiger partial charge in [-0.3, -0.25) is 4.79 Å². The van der Waals surface area contributed by atoms with Gasteiger partial charge in [-0.15, -0.1) is 0 Å². The van der Waals surface area contributed by atoms with Crippen LogP contribution < -0.4 is 0 Å². The summed E-state index contributed by atoms with van der Waals surface area (Å²) in [5, 5.41) is 18.6. The summed E-state index contributed by atoms with van der Waals surface area (Å²) >= 11 is 1.22. The average Bonchev–Trinajstić information content (AvgIpc) is 2.82. The van der Waals surface area contributed by atoms with Crippen LogP contribution in [0.15, 0.2) is 23.4 Å². The number of nitriles is 1. The highest BCUT2D eigenvalue weighted by molar-refractivity contribution is 7.99. The Morgan fingerprint density at radius 2 is 2.29 bits per heavy atom. The summed E-state index contributed by atoms with van der Waals surface area (Å²) in [6.07, 6.45) is 3.24. The maximum Gasteiger partial charge on any atom is 0.313 e. The van der Waals surface area contributed by atoms with Gasteiger partial charge in [0, 0.05) is 6.54 Å². The fourth-order valence-corrected chi connectivity index (χ4v) is 2.90. The summed E-state index contributed by atoms with van der Waals surface area (Å²) in [7, 11) is 0.